The van der Waals surface area contributed by atoms with Crippen LogP contribution in [0.4, 0.5) is 0 Å². The summed E-state index contributed by atoms with van der Waals surface area (Å²) >= 11 is 0. The van der Waals surface area contributed by atoms with Gasteiger partial charge in [-0.1, -0.05) is 6.07 Å². The number of carbonyl (C=O) groups is 1. The lowest BCUT2D eigenvalue weighted by Gasteiger charge is -2.44. The number of ketones is 1. The Balaban J connectivity index is 1.43. The summed E-state index contributed by atoms with van der Waals surface area (Å²) in [4.78, 5) is 32.2. The fraction of sp³-hybridized carbons (Fsp3) is 0.519. The van der Waals surface area contributed by atoms with Gasteiger partial charge in [0.1, 0.15) is 65.5 Å². The summed E-state index contributed by atoms with van der Waals surface area (Å²) in [5.41, 5.74) is -0.564. The van der Waals surface area contributed by atoms with Crippen molar-refractivity contribution >= 4 is 13.6 Å². The minimum absolute atomic E-state index is 0.0193. The first-order valence-corrected chi connectivity index (χ1v) is 15.5. The summed E-state index contributed by atoms with van der Waals surface area (Å²) in [7, 11) is -5.11. The van der Waals surface area contributed by atoms with Gasteiger partial charge in [-0.25, -0.2) is 4.57 Å². The Morgan fingerprint density at radius 1 is 0.787 bits per heavy atom. The number of Topliss-reactive ketones (excluding diaryl/α,β-unsaturated/α-hetero) is 1. The molecule has 6 unspecified atom stereocenters. The van der Waals surface area contributed by atoms with Gasteiger partial charge in [-0.05, 0) is 24.6 Å². The predicted molar refractivity (Wildman–Crippen MR) is 148 cm³/mol. The van der Waals surface area contributed by atoms with E-state index in [9.17, 15) is 65.1 Å². The Morgan fingerprint density at radius 2 is 1.45 bits per heavy atom. The average molecular weight is 693 g/mol. The van der Waals surface area contributed by atoms with Crippen LogP contribution in [0.25, 0.3) is 0 Å². The Morgan fingerprint density at radius 3 is 2.11 bits per heavy atom. The van der Waals surface area contributed by atoms with Gasteiger partial charge in [0, 0.05) is 12.1 Å². The molecule has 0 amide bonds. The summed E-state index contributed by atoms with van der Waals surface area (Å²) in [6, 6.07) is 4.89. The molecule has 2 aromatic rings. The number of benzene rings is 2. The van der Waals surface area contributed by atoms with Crippen LogP contribution >= 0.6 is 7.82 Å². The van der Waals surface area contributed by atoms with Crippen LogP contribution in [0.1, 0.15) is 28.9 Å². The van der Waals surface area contributed by atoms with Crippen LogP contribution in [0, 0.1) is 0 Å². The van der Waals surface area contributed by atoms with E-state index in [-0.39, 0.29) is 5.56 Å². The molecule has 3 heterocycles. The number of hydrogen-bond donors (Lipinski definition) is 11. The number of hydrogen-bond acceptors (Lipinski definition) is 17. The zero-order chi connectivity index (χ0) is 34.5. The quantitative estimate of drug-likeness (QED) is 0.102. The molecular formula is C27H33O19P. The largest absolute Gasteiger partial charge is 0.524 e. The highest BCUT2D eigenvalue weighted by Crippen LogP contribution is 2.47. The Hall–Kier alpha value is -3.14. The van der Waals surface area contributed by atoms with Crippen LogP contribution in [0.3, 0.4) is 0 Å². The third kappa shape index (κ3) is 7.18. The van der Waals surface area contributed by atoms with Crippen LogP contribution in [0.5, 0.6) is 28.7 Å². The van der Waals surface area contributed by atoms with Crippen LogP contribution in [0.15, 0.2) is 30.3 Å². The highest BCUT2D eigenvalue weighted by Gasteiger charge is 2.50. The van der Waals surface area contributed by atoms with E-state index < -0.39 is 128 Å². The summed E-state index contributed by atoms with van der Waals surface area (Å²) < 4.78 is 43.9. The molecule has 0 saturated carbocycles. The zero-order valence-electron chi connectivity index (χ0n) is 24.2. The number of aliphatic hydroxyl groups excluding tert-OH is 6. The fourth-order valence-corrected chi connectivity index (χ4v) is 5.71. The van der Waals surface area contributed by atoms with Crippen molar-refractivity contribution in [3.8, 4) is 28.7 Å². The van der Waals surface area contributed by atoms with E-state index in [1.807, 2.05) is 0 Å². The van der Waals surface area contributed by atoms with Crippen molar-refractivity contribution in [1.82, 2.24) is 0 Å². The molecule has 0 spiro atoms. The number of phosphoric ester groups is 1. The van der Waals surface area contributed by atoms with Gasteiger partial charge >= 0.3 is 7.82 Å². The van der Waals surface area contributed by atoms with Crippen LogP contribution in [-0.2, 0) is 23.5 Å². The number of aliphatic hydroxyl groups is 6. The first-order valence-electron chi connectivity index (χ1n) is 14.0. The molecule has 0 aliphatic carbocycles. The predicted octanol–water partition coefficient (Wildman–Crippen LogP) is -2.37. The molecule has 2 aromatic carbocycles. The summed E-state index contributed by atoms with van der Waals surface area (Å²) in [6.45, 7) is 0.763. The van der Waals surface area contributed by atoms with E-state index in [0.717, 1.165) is 24.3 Å². The van der Waals surface area contributed by atoms with E-state index in [1.54, 1.807) is 0 Å². The molecule has 20 heteroatoms. The fourth-order valence-electron chi connectivity index (χ4n) is 5.33. The van der Waals surface area contributed by atoms with E-state index in [0.29, 0.717) is 0 Å². The molecule has 0 bridgehead atoms. The van der Waals surface area contributed by atoms with Gasteiger partial charge in [-0.3, -0.25) is 14.6 Å². The molecular weight excluding hydrogens is 659 g/mol. The molecule has 11 N–H and O–H groups in total. The third-order valence-corrected chi connectivity index (χ3v) is 8.27. The number of ether oxygens (including phenoxy) is 5. The number of carbonyl (C=O) groups excluding carboxylic acids is 1. The second-order valence-electron chi connectivity index (χ2n) is 11.1. The standard InChI is InChI=1S/C27H33O19P/c1-8-17(31)20(34)22(36)26(42-8)41-7-15-18(32)21(35)23(37)27(44-15)45-25-19(33)16-13(30)5-10(46-47(38,39)40)6-14(16)43-24(25)9-2-3-11(28)12(29)4-9/h2-6,8,15,17-18,20-32,34-37H,7H2,1H3,(H2,38,39,40)/t8?,15-,17?,18?,20-,21+,22-,23?,24?,25?,26+,27+/m1/s1. The smallest absolute Gasteiger partial charge is 0.507 e. The highest BCUT2D eigenvalue weighted by atomic mass is 31.2. The lowest BCUT2D eigenvalue weighted by atomic mass is 9.92. The van der Waals surface area contributed by atoms with Crippen molar-refractivity contribution in [1.29, 1.82) is 0 Å². The second kappa shape index (κ2) is 13.4. The van der Waals surface area contributed by atoms with Crippen molar-refractivity contribution in [2.75, 3.05) is 6.61 Å². The summed E-state index contributed by atoms with van der Waals surface area (Å²) in [5.74, 6) is -4.09. The maximum atomic E-state index is 13.8. The highest BCUT2D eigenvalue weighted by molar-refractivity contribution is 7.46. The maximum absolute atomic E-state index is 13.8. The van der Waals surface area contributed by atoms with Gasteiger partial charge in [0.15, 0.2) is 36.3 Å². The number of aromatic hydroxyl groups is 3. The molecule has 0 aromatic heterocycles. The van der Waals surface area contributed by atoms with Crippen molar-refractivity contribution in [2.45, 2.75) is 80.5 Å². The molecule has 2 saturated heterocycles. The van der Waals surface area contributed by atoms with Crippen molar-refractivity contribution in [3.05, 3.63) is 41.5 Å². The van der Waals surface area contributed by atoms with Crippen molar-refractivity contribution in [2.24, 2.45) is 0 Å². The van der Waals surface area contributed by atoms with E-state index in [2.05, 4.69) is 4.52 Å². The van der Waals surface area contributed by atoms with Gasteiger partial charge in [0.2, 0.25) is 5.78 Å². The maximum Gasteiger partial charge on any atom is 0.524 e. The first kappa shape index (κ1) is 35.2. The number of phenolic OH excluding ortho intramolecular Hbond substituents is 3. The average Bonchev–Trinajstić information content (AvgIpc) is 2.99. The molecule has 3 aliphatic rings. The molecule has 2 fully saturated rings. The Labute approximate surface area is 264 Å². The molecule has 0 radical (unpaired) electrons. The minimum Gasteiger partial charge on any atom is -0.507 e. The number of fused-ring (bicyclic) bond motifs is 1. The van der Waals surface area contributed by atoms with Crippen molar-refractivity contribution < 1.29 is 93.3 Å². The first-order chi connectivity index (χ1) is 22.0. The SMILES string of the molecule is CC1O[C@H](OC[C@H]2O[C@@H](OC3C(=O)c4c(O)cc(OP(=O)(O)O)cc4OC3c3ccc(O)c(O)c3)C(O)[C@@H](O)C2O)[C@H](O)[C@H](O)C1O. The Kier molecular flexibility index (Phi) is 10.0. The summed E-state index contributed by atoms with van der Waals surface area (Å²) in [6.07, 6.45) is -19.9. The second-order valence-corrected chi connectivity index (χ2v) is 12.3. The van der Waals surface area contributed by atoms with Gasteiger partial charge in [-0.2, -0.15) is 0 Å². The van der Waals surface area contributed by atoms with Gasteiger partial charge in [0.25, 0.3) is 0 Å². The van der Waals surface area contributed by atoms with Crippen LogP contribution < -0.4 is 9.26 Å². The lowest BCUT2D eigenvalue weighted by Crippen LogP contribution is -2.62. The van der Waals surface area contributed by atoms with E-state index >= 15 is 0 Å². The van der Waals surface area contributed by atoms with E-state index in [1.165, 1.54) is 13.0 Å². The van der Waals surface area contributed by atoms with Gasteiger partial charge < -0.3 is 74.2 Å². The Bertz CT molecular complexity index is 1520. The molecule has 19 nitrogen and oxygen atoms in total. The monoisotopic (exact) mass is 692 g/mol. The molecule has 3 aliphatic heterocycles. The topological polar surface area (TPSA) is 312 Å². The van der Waals surface area contributed by atoms with E-state index in [4.69, 9.17) is 23.7 Å². The lowest BCUT2D eigenvalue weighted by molar-refractivity contribution is -0.333. The third-order valence-electron chi connectivity index (χ3n) is 7.82. The zero-order valence-corrected chi connectivity index (χ0v) is 25.0. The normalized spacial score (nSPS) is 36.0. The van der Waals surface area contributed by atoms with Crippen LogP contribution in [-0.4, -0.2) is 136 Å². The van der Waals surface area contributed by atoms with Gasteiger partial charge in [0.05, 0.1) is 12.7 Å². The number of rotatable bonds is 8. The number of phenols is 3. The molecule has 5 rings (SSSR count). The van der Waals surface area contributed by atoms with Gasteiger partial charge in [-0.15, -0.1) is 0 Å². The number of phosphoric acid groups is 1. The van der Waals surface area contributed by atoms with Crippen LogP contribution in [0.2, 0.25) is 0 Å². The van der Waals surface area contributed by atoms with Crippen molar-refractivity contribution in [3.63, 3.8) is 0 Å². The summed E-state index contributed by atoms with van der Waals surface area (Å²) in [5, 5.41) is 92.6. The minimum atomic E-state index is -5.11. The molecule has 260 valence electrons. The molecule has 12 atom stereocenters. The molecule has 47 heavy (non-hydrogen) atoms.